The molecule has 0 aliphatic rings. The summed E-state index contributed by atoms with van der Waals surface area (Å²) in [5.41, 5.74) is 5.15. The third-order valence-electron chi connectivity index (χ3n) is 4.22. The lowest BCUT2D eigenvalue weighted by Gasteiger charge is -2.13. The molecule has 0 aliphatic heterocycles. The number of carbonyl (C=O) groups is 1. The Hall–Kier alpha value is -2.60. The lowest BCUT2D eigenvalue weighted by molar-refractivity contribution is -0.113. The standard InChI is InChI=1S/C21H22FN3OS/c1-14-10-15(2)20(16(3)11-14)24-19(26)13-27-21-23-8-9-25(21)12-17-4-6-18(22)7-5-17/h4-11H,12-13H2,1-3H3,(H,24,26). The average Bonchev–Trinajstić information content (AvgIpc) is 3.05. The molecule has 1 heterocycles. The van der Waals surface area contributed by atoms with Crippen LogP contribution in [-0.2, 0) is 11.3 Å². The van der Waals surface area contributed by atoms with E-state index >= 15 is 0 Å². The van der Waals surface area contributed by atoms with Crippen LogP contribution < -0.4 is 5.32 Å². The second-order valence-corrected chi connectivity index (χ2v) is 7.52. The maximum Gasteiger partial charge on any atom is 0.234 e. The van der Waals surface area contributed by atoms with Crippen LogP contribution in [0.1, 0.15) is 22.3 Å². The minimum Gasteiger partial charge on any atom is -0.325 e. The van der Waals surface area contributed by atoms with E-state index in [0.29, 0.717) is 6.54 Å². The van der Waals surface area contributed by atoms with Crippen LogP contribution in [0.25, 0.3) is 0 Å². The van der Waals surface area contributed by atoms with Crippen LogP contribution >= 0.6 is 11.8 Å². The molecule has 1 N–H and O–H groups in total. The molecule has 3 rings (SSSR count). The third kappa shape index (κ3) is 4.98. The summed E-state index contributed by atoms with van der Waals surface area (Å²) in [6.45, 7) is 6.62. The highest BCUT2D eigenvalue weighted by Gasteiger charge is 2.11. The topological polar surface area (TPSA) is 46.9 Å². The SMILES string of the molecule is Cc1cc(C)c(NC(=O)CSc2nccn2Cc2ccc(F)cc2)c(C)c1. The Labute approximate surface area is 162 Å². The van der Waals surface area contributed by atoms with Crippen LogP contribution in [0.3, 0.4) is 0 Å². The third-order valence-corrected chi connectivity index (χ3v) is 5.22. The van der Waals surface area contributed by atoms with E-state index in [1.807, 2.05) is 31.5 Å². The van der Waals surface area contributed by atoms with Gasteiger partial charge in [-0.3, -0.25) is 4.79 Å². The number of hydrogen-bond acceptors (Lipinski definition) is 3. The van der Waals surface area contributed by atoms with Crippen molar-refractivity contribution in [3.05, 3.63) is 76.9 Å². The van der Waals surface area contributed by atoms with E-state index in [1.54, 1.807) is 18.3 Å². The Morgan fingerprint density at radius 1 is 1.15 bits per heavy atom. The van der Waals surface area contributed by atoms with Crippen molar-refractivity contribution in [1.82, 2.24) is 9.55 Å². The van der Waals surface area contributed by atoms with Gasteiger partial charge in [0.1, 0.15) is 5.82 Å². The van der Waals surface area contributed by atoms with Gasteiger partial charge in [-0.05, 0) is 49.6 Å². The number of nitrogens with one attached hydrogen (secondary N) is 1. The van der Waals surface area contributed by atoms with Crippen molar-refractivity contribution in [3.63, 3.8) is 0 Å². The molecule has 4 nitrogen and oxygen atoms in total. The minimum atomic E-state index is -0.252. The summed E-state index contributed by atoms with van der Waals surface area (Å²) in [5.74, 6) is -0.0450. The average molecular weight is 383 g/mol. The van der Waals surface area contributed by atoms with Crippen LogP contribution in [0.2, 0.25) is 0 Å². The first-order valence-electron chi connectivity index (χ1n) is 8.68. The van der Waals surface area contributed by atoms with Gasteiger partial charge in [-0.1, -0.05) is 41.6 Å². The molecule has 2 aromatic carbocycles. The van der Waals surface area contributed by atoms with E-state index in [1.165, 1.54) is 29.5 Å². The van der Waals surface area contributed by atoms with Crippen LogP contribution in [0.4, 0.5) is 10.1 Å². The molecular formula is C21H22FN3OS. The number of thioether (sulfide) groups is 1. The highest BCUT2D eigenvalue weighted by molar-refractivity contribution is 7.99. The van der Waals surface area contributed by atoms with Gasteiger partial charge in [-0.25, -0.2) is 9.37 Å². The van der Waals surface area contributed by atoms with Gasteiger partial charge >= 0.3 is 0 Å². The summed E-state index contributed by atoms with van der Waals surface area (Å²) in [5, 5.41) is 3.76. The fourth-order valence-corrected chi connectivity index (χ4v) is 3.78. The van der Waals surface area contributed by atoms with Gasteiger partial charge in [-0.2, -0.15) is 0 Å². The zero-order valence-electron chi connectivity index (χ0n) is 15.6. The smallest absolute Gasteiger partial charge is 0.234 e. The Morgan fingerprint density at radius 3 is 2.48 bits per heavy atom. The number of amides is 1. The van der Waals surface area contributed by atoms with Gasteiger partial charge in [0.05, 0.1) is 5.75 Å². The number of rotatable bonds is 6. The van der Waals surface area contributed by atoms with Crippen molar-refractivity contribution >= 4 is 23.4 Å². The highest BCUT2D eigenvalue weighted by atomic mass is 32.2. The van der Waals surface area contributed by atoms with Crippen molar-refractivity contribution in [2.45, 2.75) is 32.5 Å². The quantitative estimate of drug-likeness (QED) is 0.626. The van der Waals surface area contributed by atoms with Gasteiger partial charge in [0, 0.05) is 24.6 Å². The van der Waals surface area contributed by atoms with Crippen LogP contribution in [0, 0.1) is 26.6 Å². The lowest BCUT2D eigenvalue weighted by Crippen LogP contribution is -2.16. The summed E-state index contributed by atoms with van der Waals surface area (Å²) < 4.78 is 15.0. The van der Waals surface area contributed by atoms with Crippen molar-refractivity contribution in [2.75, 3.05) is 11.1 Å². The monoisotopic (exact) mass is 383 g/mol. The largest absolute Gasteiger partial charge is 0.325 e. The van der Waals surface area contributed by atoms with Gasteiger partial charge < -0.3 is 9.88 Å². The summed E-state index contributed by atoms with van der Waals surface area (Å²) in [6, 6.07) is 10.5. The van der Waals surface area contributed by atoms with Crippen LogP contribution in [-0.4, -0.2) is 21.2 Å². The molecule has 0 bridgehead atoms. The Kier molecular flexibility index (Phi) is 5.96. The van der Waals surface area contributed by atoms with Gasteiger partial charge in [-0.15, -0.1) is 0 Å². The highest BCUT2D eigenvalue weighted by Crippen LogP contribution is 2.23. The molecule has 27 heavy (non-hydrogen) atoms. The number of nitrogens with zero attached hydrogens (tertiary/aromatic N) is 2. The predicted molar refractivity (Wildman–Crippen MR) is 108 cm³/mol. The second kappa shape index (κ2) is 8.39. The van der Waals surface area contributed by atoms with Gasteiger partial charge in [0.2, 0.25) is 5.91 Å². The summed E-state index contributed by atoms with van der Waals surface area (Å²) >= 11 is 1.38. The first kappa shape index (κ1) is 19.2. The van der Waals surface area contributed by atoms with E-state index in [2.05, 4.69) is 22.4 Å². The van der Waals surface area contributed by atoms with E-state index in [-0.39, 0.29) is 17.5 Å². The molecule has 0 saturated carbocycles. The van der Waals surface area contributed by atoms with Crippen molar-refractivity contribution < 1.29 is 9.18 Å². The van der Waals surface area contributed by atoms with E-state index < -0.39 is 0 Å². The van der Waals surface area contributed by atoms with Gasteiger partial charge in [0.15, 0.2) is 5.16 Å². The molecule has 0 unspecified atom stereocenters. The number of hydrogen-bond donors (Lipinski definition) is 1. The molecule has 1 aromatic heterocycles. The summed E-state index contributed by atoms with van der Waals surface area (Å²) in [6.07, 6.45) is 3.57. The fourth-order valence-electron chi connectivity index (χ4n) is 3.03. The molecule has 0 aliphatic carbocycles. The number of imidazole rings is 1. The maximum atomic E-state index is 13.0. The number of halogens is 1. The first-order valence-corrected chi connectivity index (χ1v) is 9.67. The molecule has 140 valence electrons. The zero-order valence-corrected chi connectivity index (χ0v) is 16.4. The fraction of sp³-hybridized carbons (Fsp3) is 0.238. The molecule has 3 aromatic rings. The zero-order chi connectivity index (χ0) is 19.4. The minimum absolute atomic E-state index is 0.0635. The maximum absolute atomic E-state index is 13.0. The molecule has 0 spiro atoms. The molecule has 1 amide bonds. The Balaban J connectivity index is 1.62. The normalized spacial score (nSPS) is 10.8. The van der Waals surface area contributed by atoms with Crippen molar-refractivity contribution in [3.8, 4) is 0 Å². The van der Waals surface area contributed by atoms with Crippen molar-refractivity contribution in [2.24, 2.45) is 0 Å². The van der Waals surface area contributed by atoms with Crippen LogP contribution in [0.15, 0.2) is 53.9 Å². The number of anilines is 1. The molecule has 0 atom stereocenters. The van der Waals surface area contributed by atoms with E-state index in [4.69, 9.17) is 0 Å². The predicted octanol–water partition coefficient (Wildman–Crippen LogP) is 4.73. The summed E-state index contributed by atoms with van der Waals surface area (Å²) in [7, 11) is 0. The van der Waals surface area contributed by atoms with Crippen LogP contribution in [0.5, 0.6) is 0 Å². The molecule has 6 heteroatoms. The number of aromatic nitrogens is 2. The van der Waals surface area contributed by atoms with E-state index in [0.717, 1.165) is 27.5 Å². The number of benzene rings is 2. The van der Waals surface area contributed by atoms with Gasteiger partial charge in [0.25, 0.3) is 0 Å². The summed E-state index contributed by atoms with van der Waals surface area (Å²) in [4.78, 5) is 16.7. The van der Waals surface area contributed by atoms with Crippen molar-refractivity contribution in [1.29, 1.82) is 0 Å². The molecule has 0 fully saturated rings. The number of aryl methyl sites for hydroxylation is 3. The van der Waals surface area contributed by atoms with E-state index in [9.17, 15) is 9.18 Å². The Morgan fingerprint density at radius 2 is 1.81 bits per heavy atom. The Bertz CT molecular complexity index is 927. The number of carbonyl (C=O) groups excluding carboxylic acids is 1. The second-order valence-electron chi connectivity index (χ2n) is 6.57. The molecule has 0 radical (unpaired) electrons. The molecular weight excluding hydrogens is 361 g/mol. The first-order chi connectivity index (χ1) is 12.9. The lowest BCUT2D eigenvalue weighted by atomic mass is 10.1. The molecule has 0 saturated heterocycles.